The smallest absolute Gasteiger partial charge is 0.307 e. The lowest BCUT2D eigenvalue weighted by Crippen LogP contribution is -2.25. The third-order valence-corrected chi connectivity index (χ3v) is 5.29. The average molecular weight is 375 g/mol. The van der Waals surface area contributed by atoms with E-state index in [1.807, 2.05) is 30.3 Å². The van der Waals surface area contributed by atoms with Gasteiger partial charge in [0, 0.05) is 5.69 Å². The number of aryl methyl sites for hydroxylation is 1. The number of carbonyl (C=O) groups is 2. The van der Waals surface area contributed by atoms with E-state index in [-0.39, 0.29) is 12.2 Å². The van der Waals surface area contributed by atoms with Crippen molar-refractivity contribution in [2.75, 3.05) is 16.8 Å². The molecule has 0 unspecified atom stereocenters. The molecule has 0 fully saturated rings. The summed E-state index contributed by atoms with van der Waals surface area (Å²) in [4.78, 5) is 22.7. The largest absolute Gasteiger partial charge is 0.481 e. The maximum absolute atomic E-state index is 12.1. The number of benzene rings is 2. The van der Waals surface area contributed by atoms with Gasteiger partial charge >= 0.3 is 5.97 Å². The standard InChI is InChI=1S/C19H21NO5S/c21-18(20-17-10-4-8-16(12-17)13-19(22)23)14-26(24,25)11-5-9-15-6-2-1-3-7-15/h1-4,6-8,10,12H,5,9,11,13-14H2,(H,20,21)(H,22,23). The second kappa shape index (κ2) is 9.15. The van der Waals surface area contributed by atoms with Crippen LogP contribution in [-0.4, -0.2) is 36.9 Å². The molecular formula is C19H21NO5S. The Labute approximate surface area is 152 Å². The number of hydrogen-bond donors (Lipinski definition) is 2. The first-order valence-electron chi connectivity index (χ1n) is 8.19. The highest BCUT2D eigenvalue weighted by Crippen LogP contribution is 2.12. The highest BCUT2D eigenvalue weighted by atomic mass is 32.2. The molecule has 0 atom stereocenters. The summed E-state index contributed by atoms with van der Waals surface area (Å²) in [5.41, 5.74) is 1.97. The summed E-state index contributed by atoms with van der Waals surface area (Å²) in [6, 6.07) is 15.9. The van der Waals surface area contributed by atoms with Gasteiger partial charge in [0.25, 0.3) is 0 Å². The van der Waals surface area contributed by atoms with E-state index in [2.05, 4.69) is 5.32 Å². The lowest BCUT2D eigenvalue weighted by atomic mass is 10.1. The highest BCUT2D eigenvalue weighted by Gasteiger charge is 2.17. The number of rotatable bonds is 9. The van der Waals surface area contributed by atoms with Crippen molar-refractivity contribution in [2.24, 2.45) is 0 Å². The number of hydrogen-bond acceptors (Lipinski definition) is 4. The van der Waals surface area contributed by atoms with Gasteiger partial charge < -0.3 is 10.4 Å². The predicted molar refractivity (Wildman–Crippen MR) is 99.8 cm³/mol. The Morgan fingerprint density at radius 3 is 2.35 bits per heavy atom. The quantitative estimate of drug-likeness (QED) is 0.700. The fourth-order valence-electron chi connectivity index (χ4n) is 2.54. The molecule has 2 aromatic carbocycles. The van der Waals surface area contributed by atoms with E-state index < -0.39 is 27.5 Å². The summed E-state index contributed by atoms with van der Waals surface area (Å²) in [6.07, 6.45) is 0.925. The van der Waals surface area contributed by atoms with Gasteiger partial charge in [-0.15, -0.1) is 0 Å². The number of amides is 1. The fourth-order valence-corrected chi connectivity index (χ4v) is 3.74. The zero-order valence-corrected chi connectivity index (χ0v) is 15.0. The number of carboxylic acid groups (broad SMARTS) is 1. The van der Waals surface area contributed by atoms with Crippen LogP contribution in [0.15, 0.2) is 54.6 Å². The Kier molecular flexibility index (Phi) is 6.91. The molecule has 0 aliphatic carbocycles. The molecule has 0 saturated heterocycles. The Morgan fingerprint density at radius 2 is 1.65 bits per heavy atom. The Balaban J connectivity index is 1.85. The van der Waals surface area contributed by atoms with E-state index in [9.17, 15) is 18.0 Å². The van der Waals surface area contributed by atoms with Crippen LogP contribution in [0.4, 0.5) is 5.69 Å². The first kappa shape index (κ1) is 19.7. The van der Waals surface area contributed by atoms with E-state index in [1.54, 1.807) is 18.2 Å². The van der Waals surface area contributed by atoms with Crippen molar-refractivity contribution in [2.45, 2.75) is 19.3 Å². The molecule has 1 amide bonds. The SMILES string of the molecule is O=C(O)Cc1cccc(NC(=O)CS(=O)(=O)CCCc2ccccc2)c1. The molecule has 2 aromatic rings. The van der Waals surface area contributed by atoms with Gasteiger partial charge in [0.05, 0.1) is 12.2 Å². The van der Waals surface area contributed by atoms with Crippen molar-refractivity contribution in [1.29, 1.82) is 0 Å². The summed E-state index contributed by atoms with van der Waals surface area (Å²) in [6.45, 7) is 0. The Bertz CT molecular complexity index is 863. The van der Waals surface area contributed by atoms with Gasteiger partial charge in [-0.25, -0.2) is 8.42 Å². The zero-order chi connectivity index (χ0) is 19.0. The summed E-state index contributed by atoms with van der Waals surface area (Å²) >= 11 is 0. The number of aliphatic carboxylic acids is 1. The van der Waals surface area contributed by atoms with Gasteiger partial charge in [0.15, 0.2) is 9.84 Å². The second-order valence-electron chi connectivity index (χ2n) is 6.00. The first-order chi connectivity index (χ1) is 12.3. The molecule has 0 heterocycles. The normalized spacial score (nSPS) is 11.1. The molecule has 2 N–H and O–H groups in total. The minimum atomic E-state index is -3.51. The first-order valence-corrected chi connectivity index (χ1v) is 10.0. The van der Waals surface area contributed by atoms with Crippen LogP contribution < -0.4 is 5.32 Å². The topological polar surface area (TPSA) is 101 Å². The monoisotopic (exact) mass is 375 g/mol. The molecule has 0 spiro atoms. The molecule has 0 saturated carbocycles. The lowest BCUT2D eigenvalue weighted by Gasteiger charge is -2.08. The van der Waals surface area contributed by atoms with Gasteiger partial charge in [-0.3, -0.25) is 9.59 Å². The predicted octanol–water partition coefficient (Wildman–Crippen LogP) is 2.30. The number of sulfone groups is 1. The van der Waals surface area contributed by atoms with E-state index in [1.165, 1.54) is 6.07 Å². The van der Waals surface area contributed by atoms with Gasteiger partial charge in [-0.1, -0.05) is 42.5 Å². The maximum Gasteiger partial charge on any atom is 0.307 e. The van der Waals surface area contributed by atoms with Crippen LogP contribution in [-0.2, 0) is 32.3 Å². The number of carboxylic acids is 1. The van der Waals surface area contributed by atoms with Crippen molar-refractivity contribution in [3.8, 4) is 0 Å². The highest BCUT2D eigenvalue weighted by molar-refractivity contribution is 7.92. The summed E-state index contributed by atoms with van der Waals surface area (Å²) in [5, 5.41) is 11.3. The molecule has 0 radical (unpaired) electrons. The zero-order valence-electron chi connectivity index (χ0n) is 14.2. The molecular weight excluding hydrogens is 354 g/mol. The molecule has 0 aromatic heterocycles. The van der Waals surface area contributed by atoms with Gasteiger partial charge in [0.1, 0.15) is 5.75 Å². The van der Waals surface area contributed by atoms with Crippen molar-refractivity contribution < 1.29 is 23.1 Å². The maximum atomic E-state index is 12.1. The molecule has 6 nitrogen and oxygen atoms in total. The second-order valence-corrected chi connectivity index (χ2v) is 8.18. The van der Waals surface area contributed by atoms with Crippen molar-refractivity contribution >= 4 is 27.4 Å². The molecule has 0 aliphatic heterocycles. The van der Waals surface area contributed by atoms with Gasteiger partial charge in [0.2, 0.25) is 5.91 Å². The van der Waals surface area contributed by atoms with E-state index >= 15 is 0 Å². The Morgan fingerprint density at radius 1 is 0.962 bits per heavy atom. The van der Waals surface area contributed by atoms with Crippen LogP contribution in [0.5, 0.6) is 0 Å². The molecule has 0 bridgehead atoms. The van der Waals surface area contributed by atoms with Crippen molar-refractivity contribution in [3.63, 3.8) is 0 Å². The number of nitrogens with one attached hydrogen (secondary N) is 1. The molecule has 2 rings (SSSR count). The van der Waals surface area contributed by atoms with Crippen LogP contribution in [0.1, 0.15) is 17.5 Å². The average Bonchev–Trinajstić information content (AvgIpc) is 2.54. The molecule has 7 heteroatoms. The Hall–Kier alpha value is -2.67. The molecule has 138 valence electrons. The third-order valence-electron chi connectivity index (χ3n) is 3.68. The van der Waals surface area contributed by atoms with Crippen LogP contribution in [0.25, 0.3) is 0 Å². The van der Waals surface area contributed by atoms with Crippen LogP contribution in [0.3, 0.4) is 0 Å². The number of anilines is 1. The lowest BCUT2D eigenvalue weighted by molar-refractivity contribution is -0.136. The van der Waals surface area contributed by atoms with Crippen LogP contribution in [0, 0.1) is 0 Å². The summed E-state index contributed by atoms with van der Waals surface area (Å²) in [7, 11) is -3.51. The van der Waals surface area contributed by atoms with Crippen LogP contribution in [0.2, 0.25) is 0 Å². The molecule has 0 aliphatic rings. The van der Waals surface area contributed by atoms with Gasteiger partial charge in [-0.2, -0.15) is 0 Å². The number of carbonyl (C=O) groups excluding carboxylic acids is 1. The fraction of sp³-hybridized carbons (Fsp3) is 0.263. The third kappa shape index (κ3) is 7.06. The minimum Gasteiger partial charge on any atom is -0.481 e. The van der Waals surface area contributed by atoms with E-state index in [4.69, 9.17) is 5.11 Å². The van der Waals surface area contributed by atoms with Gasteiger partial charge in [-0.05, 0) is 36.1 Å². The summed E-state index contributed by atoms with van der Waals surface area (Å²) < 4.78 is 24.2. The van der Waals surface area contributed by atoms with E-state index in [0.717, 1.165) is 5.56 Å². The van der Waals surface area contributed by atoms with Crippen molar-refractivity contribution in [1.82, 2.24) is 0 Å². The van der Waals surface area contributed by atoms with Crippen molar-refractivity contribution in [3.05, 3.63) is 65.7 Å². The summed E-state index contributed by atoms with van der Waals surface area (Å²) in [5.74, 6) is -2.26. The van der Waals surface area contributed by atoms with E-state index in [0.29, 0.717) is 24.1 Å². The minimum absolute atomic E-state index is 0.0611. The molecule has 26 heavy (non-hydrogen) atoms. The van der Waals surface area contributed by atoms with Crippen LogP contribution >= 0.6 is 0 Å².